The fraction of sp³-hybridized carbons (Fsp3) is 0.417. The lowest BCUT2D eigenvalue weighted by Gasteiger charge is -2.07. The van der Waals surface area contributed by atoms with Crippen molar-refractivity contribution in [2.75, 3.05) is 13.7 Å². The Hall–Kier alpha value is -1.44. The van der Waals surface area contributed by atoms with Crippen LogP contribution >= 0.6 is 0 Å². The predicted molar refractivity (Wildman–Crippen MR) is 69.8 cm³/mol. The van der Waals surface area contributed by atoms with E-state index >= 15 is 0 Å². The van der Waals surface area contributed by atoms with Gasteiger partial charge in [0.2, 0.25) is 0 Å². The topological polar surface area (TPSA) is 76.0 Å². The van der Waals surface area contributed by atoms with Crippen molar-refractivity contribution in [2.24, 2.45) is 0 Å². The van der Waals surface area contributed by atoms with Crippen LogP contribution in [0.1, 0.15) is 19.4 Å². The molecule has 0 atom stereocenters. The lowest BCUT2D eigenvalue weighted by atomic mass is 9.79. The van der Waals surface area contributed by atoms with Crippen molar-refractivity contribution in [2.45, 2.75) is 20.5 Å². The Morgan fingerprint density at radius 1 is 1.47 bits per heavy atom. The number of fused-ring (bicyclic) bond motifs is 1. The summed E-state index contributed by atoms with van der Waals surface area (Å²) in [5, 5.41) is 16.3. The first-order chi connectivity index (χ1) is 9.24. The Morgan fingerprint density at radius 3 is 2.68 bits per heavy atom. The highest BCUT2D eigenvalue weighted by molar-refractivity contribution is 6.61. The molecule has 2 rings (SSSR count). The summed E-state index contributed by atoms with van der Waals surface area (Å²) in [6, 6.07) is 3.02. The molecule has 2 N–H and O–H groups in total. The van der Waals surface area contributed by atoms with Gasteiger partial charge in [-0.25, -0.2) is 4.39 Å². The minimum absolute atomic E-state index is 0.0506. The van der Waals surface area contributed by atoms with Crippen molar-refractivity contribution in [3.63, 3.8) is 0 Å². The number of rotatable bonds is 3. The van der Waals surface area contributed by atoms with Crippen molar-refractivity contribution in [3.05, 3.63) is 23.5 Å². The summed E-state index contributed by atoms with van der Waals surface area (Å²) in [4.78, 5) is 10.1. The Morgan fingerprint density at radius 2 is 2.11 bits per heavy atom. The van der Waals surface area contributed by atoms with Crippen LogP contribution in [0.3, 0.4) is 0 Å². The molecule has 19 heavy (non-hydrogen) atoms. The molecule has 0 fully saturated rings. The fourth-order valence-electron chi connectivity index (χ4n) is 1.49. The Bertz CT molecular complexity index is 400. The second kappa shape index (κ2) is 9.49. The molecule has 0 aliphatic carbocycles. The van der Waals surface area contributed by atoms with Crippen LogP contribution in [0.25, 0.3) is 0 Å². The van der Waals surface area contributed by atoms with E-state index in [0.29, 0.717) is 11.8 Å². The second-order valence-electron chi connectivity index (χ2n) is 3.09. The van der Waals surface area contributed by atoms with Crippen LogP contribution in [0, 0.1) is 5.82 Å². The molecular formula is C12H18BFO5. The van der Waals surface area contributed by atoms with Crippen LogP contribution in [0.4, 0.5) is 4.39 Å². The van der Waals surface area contributed by atoms with Gasteiger partial charge >= 0.3 is 7.12 Å². The van der Waals surface area contributed by atoms with Crippen molar-refractivity contribution >= 4 is 18.9 Å². The fourth-order valence-corrected chi connectivity index (χ4v) is 1.49. The van der Waals surface area contributed by atoms with Crippen LogP contribution in [-0.4, -0.2) is 37.3 Å². The van der Waals surface area contributed by atoms with E-state index in [4.69, 9.17) is 14.5 Å². The Balaban J connectivity index is 0.000000741. The summed E-state index contributed by atoms with van der Waals surface area (Å²) < 4.78 is 23.4. The lowest BCUT2D eigenvalue weighted by Crippen LogP contribution is -2.31. The number of ether oxygens (including phenoxy) is 1. The molecule has 1 aromatic carbocycles. The summed E-state index contributed by atoms with van der Waals surface area (Å²) in [5.41, 5.74) is 0.692. The molecule has 1 aliphatic heterocycles. The van der Waals surface area contributed by atoms with Gasteiger partial charge in [0, 0.05) is 12.6 Å². The number of aldehydes is 1. The van der Waals surface area contributed by atoms with Gasteiger partial charge in [0.05, 0.1) is 6.61 Å². The van der Waals surface area contributed by atoms with Crippen LogP contribution in [-0.2, 0) is 16.1 Å². The molecule has 0 radical (unpaired) electrons. The molecule has 0 bridgehead atoms. The van der Waals surface area contributed by atoms with E-state index in [9.17, 15) is 14.2 Å². The van der Waals surface area contributed by atoms with E-state index in [1.165, 1.54) is 6.07 Å². The first kappa shape index (κ1) is 17.6. The van der Waals surface area contributed by atoms with Gasteiger partial charge in [-0.3, -0.25) is 4.79 Å². The number of carbonyl (C=O) groups is 1. The van der Waals surface area contributed by atoms with E-state index in [1.54, 1.807) is 6.07 Å². The molecule has 5 nitrogen and oxygen atoms in total. The third-order valence-electron chi connectivity index (χ3n) is 2.19. The van der Waals surface area contributed by atoms with E-state index in [2.05, 4.69) is 0 Å². The highest BCUT2D eigenvalue weighted by atomic mass is 19.1. The molecule has 0 amide bonds. The first-order valence-corrected chi connectivity index (χ1v) is 5.86. The Labute approximate surface area is 112 Å². The van der Waals surface area contributed by atoms with Crippen molar-refractivity contribution in [3.8, 4) is 5.75 Å². The maximum absolute atomic E-state index is 13.7. The monoisotopic (exact) mass is 272 g/mol. The molecule has 0 saturated carbocycles. The molecule has 1 aromatic rings. The third-order valence-corrected chi connectivity index (χ3v) is 2.19. The minimum Gasteiger partial charge on any atom is -0.483 e. The summed E-state index contributed by atoms with van der Waals surface area (Å²) in [5.74, 6) is -0.718. The molecular weight excluding hydrogens is 254 g/mol. The van der Waals surface area contributed by atoms with Gasteiger partial charge in [-0.05, 0) is 11.6 Å². The molecule has 1 aliphatic rings. The number of aliphatic hydroxyl groups is 1. The van der Waals surface area contributed by atoms with Gasteiger partial charge in [0.1, 0.15) is 6.61 Å². The largest absolute Gasteiger partial charge is 0.494 e. The number of benzene rings is 1. The first-order valence-electron chi connectivity index (χ1n) is 5.86. The highest BCUT2D eigenvalue weighted by Gasteiger charge is 2.32. The average Bonchev–Trinajstić information content (AvgIpc) is 2.85. The number of aliphatic hydroxyl groups excluding tert-OH is 1. The molecule has 0 spiro atoms. The Kier molecular flexibility index (Phi) is 8.77. The normalized spacial score (nSPS) is 11.6. The SMILES string of the molecule is CC.CO.O=CCOc1ccc2c(c1F)B(O)OC2. The van der Waals surface area contributed by atoms with E-state index in [-0.39, 0.29) is 24.4 Å². The molecule has 0 aromatic heterocycles. The van der Waals surface area contributed by atoms with E-state index in [0.717, 1.165) is 7.11 Å². The average molecular weight is 272 g/mol. The highest BCUT2D eigenvalue weighted by Crippen LogP contribution is 2.20. The number of hydrogen-bond acceptors (Lipinski definition) is 5. The molecule has 106 valence electrons. The zero-order valence-electron chi connectivity index (χ0n) is 11.2. The lowest BCUT2D eigenvalue weighted by molar-refractivity contribution is -0.109. The molecule has 1 heterocycles. The minimum atomic E-state index is -1.25. The van der Waals surface area contributed by atoms with Crippen molar-refractivity contribution < 1.29 is 28.7 Å². The predicted octanol–water partition coefficient (Wildman–Crippen LogP) is 0.256. The van der Waals surface area contributed by atoms with Gasteiger partial charge in [-0.2, -0.15) is 0 Å². The van der Waals surface area contributed by atoms with E-state index in [1.807, 2.05) is 13.8 Å². The number of hydrogen-bond donors (Lipinski definition) is 2. The standard InChI is InChI=1S/C9H8BFO4.C2H6.CH4O/c11-9-7(14-4-3-12)2-1-6-5-15-10(13)8(6)9;2*1-2/h1-3,13H,4-5H2;1-2H3;2H,1H3. The third kappa shape index (κ3) is 4.31. The van der Waals surface area contributed by atoms with Gasteiger partial charge in [-0.15, -0.1) is 0 Å². The molecule has 0 unspecified atom stereocenters. The van der Waals surface area contributed by atoms with Crippen LogP contribution in [0.5, 0.6) is 5.75 Å². The molecule has 7 heteroatoms. The van der Waals surface area contributed by atoms with Crippen LogP contribution < -0.4 is 10.2 Å². The summed E-state index contributed by atoms with van der Waals surface area (Å²) in [6.07, 6.45) is 0.527. The quantitative estimate of drug-likeness (QED) is 0.609. The van der Waals surface area contributed by atoms with Gasteiger partial charge < -0.3 is 19.5 Å². The molecule has 0 saturated heterocycles. The van der Waals surface area contributed by atoms with Crippen LogP contribution in [0.2, 0.25) is 0 Å². The summed E-state index contributed by atoms with van der Waals surface area (Å²) in [6.45, 7) is 3.97. The van der Waals surface area contributed by atoms with Crippen molar-refractivity contribution in [1.29, 1.82) is 0 Å². The van der Waals surface area contributed by atoms with Gasteiger partial charge in [0.15, 0.2) is 17.9 Å². The second-order valence-corrected chi connectivity index (χ2v) is 3.09. The van der Waals surface area contributed by atoms with Crippen LogP contribution in [0.15, 0.2) is 12.1 Å². The van der Waals surface area contributed by atoms with Gasteiger partial charge in [-0.1, -0.05) is 19.9 Å². The summed E-state index contributed by atoms with van der Waals surface area (Å²) >= 11 is 0. The van der Waals surface area contributed by atoms with Gasteiger partial charge in [0.25, 0.3) is 0 Å². The number of halogens is 1. The van der Waals surface area contributed by atoms with Crippen molar-refractivity contribution in [1.82, 2.24) is 0 Å². The number of carbonyl (C=O) groups excluding carboxylic acids is 1. The zero-order chi connectivity index (χ0) is 14.8. The zero-order valence-corrected chi connectivity index (χ0v) is 11.2. The summed E-state index contributed by atoms with van der Waals surface area (Å²) in [7, 11) is -0.250. The maximum atomic E-state index is 13.7. The van der Waals surface area contributed by atoms with E-state index < -0.39 is 12.9 Å². The smallest absolute Gasteiger partial charge is 0.483 e. The maximum Gasteiger partial charge on any atom is 0.494 e.